The Balaban J connectivity index is 2.29. The fourth-order valence-electron chi connectivity index (χ4n) is 1.69. The summed E-state index contributed by atoms with van der Waals surface area (Å²) in [6.45, 7) is 0. The van der Waals surface area contributed by atoms with Gasteiger partial charge >= 0.3 is 0 Å². The smallest absolute Gasteiger partial charge is 0.185 e. The predicted molar refractivity (Wildman–Crippen MR) is 82.7 cm³/mol. The van der Waals surface area contributed by atoms with Crippen molar-refractivity contribution in [2.75, 3.05) is 7.11 Å². The number of nitriles is 1. The highest BCUT2D eigenvalue weighted by Crippen LogP contribution is 2.25. The fourth-order valence-corrected chi connectivity index (χ4v) is 3.02. The Morgan fingerprint density at radius 2 is 2.11 bits per heavy atom. The van der Waals surface area contributed by atoms with Crippen LogP contribution in [0.2, 0.25) is 0 Å². The summed E-state index contributed by atoms with van der Waals surface area (Å²) in [6.07, 6.45) is 0. The van der Waals surface area contributed by atoms with Crippen LogP contribution in [-0.2, 0) is 0 Å². The normalized spacial score (nSPS) is 11.6. The Hall–Kier alpha value is -1.39. The number of benzene rings is 1. The summed E-state index contributed by atoms with van der Waals surface area (Å²) in [7, 11) is 1.58. The number of nitrogens with zero attached hydrogens (tertiary/aromatic N) is 1. The molecule has 0 N–H and O–H groups in total. The molecular weight excluding hydrogens is 373 g/mol. The fraction of sp³-hybridized carbons (Fsp3) is 0.143. The largest absolute Gasteiger partial charge is 0.497 e. The molecule has 1 atom stereocenters. The van der Waals surface area contributed by atoms with Crippen molar-refractivity contribution in [3.8, 4) is 11.8 Å². The zero-order chi connectivity index (χ0) is 13.8. The molecule has 2 rings (SSSR count). The summed E-state index contributed by atoms with van der Waals surface area (Å²) in [6, 6.07) is 10.9. The van der Waals surface area contributed by atoms with Crippen molar-refractivity contribution in [3.63, 3.8) is 0 Å². The standard InChI is InChI=1S/C14H10INO2S/c1-18-11-4-2-9(3-5-11)12(7-16)14(17)10-6-13(15)19-8-10/h2-6,8,12H,1H3. The lowest BCUT2D eigenvalue weighted by molar-refractivity contribution is 0.0979. The second kappa shape index (κ2) is 6.17. The lowest BCUT2D eigenvalue weighted by Gasteiger charge is -2.08. The van der Waals surface area contributed by atoms with Crippen LogP contribution in [0.15, 0.2) is 35.7 Å². The SMILES string of the molecule is COc1ccc(C(C#N)C(=O)c2csc(I)c2)cc1. The van der Waals surface area contributed by atoms with Gasteiger partial charge in [-0.15, -0.1) is 11.3 Å². The summed E-state index contributed by atoms with van der Waals surface area (Å²) in [5.74, 6) is -0.221. The topological polar surface area (TPSA) is 50.1 Å². The highest BCUT2D eigenvalue weighted by Gasteiger charge is 2.22. The van der Waals surface area contributed by atoms with Crippen LogP contribution in [0.5, 0.6) is 5.75 Å². The minimum Gasteiger partial charge on any atom is -0.497 e. The first-order valence-corrected chi connectivity index (χ1v) is 7.43. The van der Waals surface area contributed by atoms with E-state index in [0.717, 1.165) is 2.88 Å². The highest BCUT2D eigenvalue weighted by atomic mass is 127. The van der Waals surface area contributed by atoms with E-state index < -0.39 is 5.92 Å². The number of thiophene rings is 1. The summed E-state index contributed by atoms with van der Waals surface area (Å²) in [5.41, 5.74) is 1.28. The summed E-state index contributed by atoms with van der Waals surface area (Å²) in [5, 5.41) is 11.0. The maximum Gasteiger partial charge on any atom is 0.185 e. The van der Waals surface area contributed by atoms with Gasteiger partial charge in [-0.1, -0.05) is 12.1 Å². The van der Waals surface area contributed by atoms with E-state index in [1.165, 1.54) is 11.3 Å². The molecule has 0 aliphatic carbocycles. The maximum absolute atomic E-state index is 12.3. The van der Waals surface area contributed by atoms with Crippen molar-refractivity contribution in [2.45, 2.75) is 5.92 Å². The number of halogens is 1. The van der Waals surface area contributed by atoms with Gasteiger partial charge in [0.25, 0.3) is 0 Å². The number of carbonyl (C=O) groups is 1. The molecule has 0 saturated heterocycles. The number of methoxy groups -OCH3 is 1. The first kappa shape index (κ1) is 14.0. The van der Waals surface area contributed by atoms with Crippen molar-refractivity contribution in [2.24, 2.45) is 0 Å². The number of Topliss-reactive ketones (excluding diaryl/α,β-unsaturated/α-hetero) is 1. The molecule has 96 valence electrons. The first-order valence-electron chi connectivity index (χ1n) is 5.47. The molecule has 0 aliphatic rings. The third kappa shape index (κ3) is 3.14. The van der Waals surface area contributed by atoms with E-state index in [4.69, 9.17) is 4.74 Å². The third-order valence-electron chi connectivity index (χ3n) is 2.69. The average molecular weight is 383 g/mol. The van der Waals surface area contributed by atoms with Gasteiger partial charge in [0.1, 0.15) is 11.7 Å². The molecule has 1 unspecified atom stereocenters. The lowest BCUT2D eigenvalue weighted by Crippen LogP contribution is -2.10. The van der Waals surface area contributed by atoms with E-state index in [-0.39, 0.29) is 5.78 Å². The van der Waals surface area contributed by atoms with Gasteiger partial charge in [-0.3, -0.25) is 4.79 Å². The Kier molecular flexibility index (Phi) is 4.56. The number of rotatable bonds is 4. The van der Waals surface area contributed by atoms with Gasteiger partial charge in [-0.2, -0.15) is 5.26 Å². The van der Waals surface area contributed by atoms with Crippen molar-refractivity contribution in [3.05, 3.63) is 49.7 Å². The van der Waals surface area contributed by atoms with Crippen LogP contribution < -0.4 is 4.74 Å². The van der Waals surface area contributed by atoms with Crippen molar-refractivity contribution in [1.82, 2.24) is 0 Å². The first-order chi connectivity index (χ1) is 9.15. The third-order valence-corrected chi connectivity index (χ3v) is 4.48. The Bertz CT molecular complexity index is 628. The van der Waals surface area contributed by atoms with Crippen LogP contribution in [-0.4, -0.2) is 12.9 Å². The number of ether oxygens (including phenoxy) is 1. The van der Waals surface area contributed by atoms with Gasteiger partial charge in [0.05, 0.1) is 16.1 Å². The molecule has 19 heavy (non-hydrogen) atoms. The van der Waals surface area contributed by atoms with E-state index >= 15 is 0 Å². The molecule has 1 heterocycles. The molecule has 3 nitrogen and oxygen atoms in total. The monoisotopic (exact) mass is 383 g/mol. The highest BCUT2D eigenvalue weighted by molar-refractivity contribution is 14.1. The van der Waals surface area contributed by atoms with Crippen LogP contribution in [0.1, 0.15) is 21.8 Å². The Morgan fingerprint density at radius 3 is 2.58 bits per heavy atom. The van der Waals surface area contributed by atoms with E-state index in [0.29, 0.717) is 16.9 Å². The van der Waals surface area contributed by atoms with E-state index in [9.17, 15) is 10.1 Å². The second-order valence-corrected chi connectivity index (χ2v) is 6.64. The van der Waals surface area contributed by atoms with E-state index in [1.54, 1.807) is 42.8 Å². The molecule has 1 aromatic carbocycles. The van der Waals surface area contributed by atoms with Gasteiger partial charge in [0, 0.05) is 10.9 Å². The minimum atomic E-state index is -0.767. The molecule has 2 aromatic rings. The van der Waals surface area contributed by atoms with Crippen LogP contribution >= 0.6 is 33.9 Å². The Morgan fingerprint density at radius 1 is 1.42 bits per heavy atom. The van der Waals surface area contributed by atoms with Crippen LogP contribution in [0.3, 0.4) is 0 Å². The Labute approximate surface area is 129 Å². The number of ketones is 1. The van der Waals surface area contributed by atoms with Gasteiger partial charge < -0.3 is 4.74 Å². The molecule has 0 saturated carbocycles. The van der Waals surface area contributed by atoms with E-state index in [2.05, 4.69) is 28.7 Å². The van der Waals surface area contributed by atoms with Gasteiger partial charge in [0.2, 0.25) is 0 Å². The zero-order valence-corrected chi connectivity index (χ0v) is 13.1. The van der Waals surface area contributed by atoms with Crippen LogP contribution in [0, 0.1) is 14.2 Å². The summed E-state index contributed by atoms with van der Waals surface area (Å²) < 4.78 is 6.10. The molecule has 5 heteroatoms. The predicted octanol–water partition coefficient (Wildman–Crippen LogP) is 3.85. The number of carbonyl (C=O) groups excluding carboxylic acids is 1. The van der Waals surface area contributed by atoms with Crippen molar-refractivity contribution in [1.29, 1.82) is 5.26 Å². The summed E-state index contributed by atoms with van der Waals surface area (Å²) >= 11 is 3.66. The van der Waals surface area contributed by atoms with Gasteiger partial charge in [-0.05, 0) is 46.4 Å². The van der Waals surface area contributed by atoms with Crippen LogP contribution in [0.4, 0.5) is 0 Å². The maximum atomic E-state index is 12.3. The number of hydrogen-bond donors (Lipinski definition) is 0. The second-order valence-electron chi connectivity index (χ2n) is 3.84. The minimum absolute atomic E-state index is 0.160. The molecule has 0 aliphatic heterocycles. The zero-order valence-electron chi connectivity index (χ0n) is 10.1. The molecule has 0 fully saturated rings. The average Bonchev–Trinajstić information content (AvgIpc) is 2.87. The molecular formula is C14H10INO2S. The van der Waals surface area contributed by atoms with Crippen molar-refractivity contribution >= 4 is 39.7 Å². The molecule has 1 aromatic heterocycles. The molecule has 0 bridgehead atoms. The number of hydrogen-bond acceptors (Lipinski definition) is 4. The lowest BCUT2D eigenvalue weighted by atomic mass is 9.93. The van der Waals surface area contributed by atoms with Crippen LogP contribution in [0.25, 0.3) is 0 Å². The van der Waals surface area contributed by atoms with Crippen molar-refractivity contribution < 1.29 is 9.53 Å². The molecule has 0 amide bonds. The quantitative estimate of drug-likeness (QED) is 0.595. The van der Waals surface area contributed by atoms with E-state index in [1.807, 2.05) is 0 Å². The molecule has 0 radical (unpaired) electrons. The van der Waals surface area contributed by atoms with Gasteiger partial charge in [-0.25, -0.2) is 0 Å². The summed E-state index contributed by atoms with van der Waals surface area (Å²) in [4.78, 5) is 12.3. The molecule has 0 spiro atoms. The van der Waals surface area contributed by atoms with Gasteiger partial charge in [0.15, 0.2) is 5.78 Å².